The Balaban J connectivity index is 1.82. The molecule has 26 heavy (non-hydrogen) atoms. The number of aryl methyl sites for hydroxylation is 1. The van der Waals surface area contributed by atoms with Gasteiger partial charge in [0.15, 0.2) is 5.65 Å². The Morgan fingerprint density at radius 1 is 1.35 bits per heavy atom. The van der Waals surface area contributed by atoms with Crippen LogP contribution in [-0.4, -0.2) is 50.8 Å². The average molecular weight is 373 g/mol. The Kier molecular flexibility index (Phi) is 5.54. The summed E-state index contributed by atoms with van der Waals surface area (Å²) in [5.74, 6) is -0.0509. The molecule has 1 atom stereocenters. The van der Waals surface area contributed by atoms with Crippen LogP contribution in [0, 0.1) is 6.92 Å². The molecule has 0 bridgehead atoms. The number of hydrogen-bond acceptors (Lipinski definition) is 4. The van der Waals surface area contributed by atoms with E-state index in [1.807, 2.05) is 38.1 Å². The minimum Gasteiger partial charge on any atom is -0.395 e. The Morgan fingerprint density at radius 2 is 2.08 bits per heavy atom. The van der Waals surface area contributed by atoms with Gasteiger partial charge in [-0.05, 0) is 36.6 Å². The zero-order valence-corrected chi connectivity index (χ0v) is 15.5. The van der Waals surface area contributed by atoms with E-state index in [1.54, 1.807) is 11.0 Å². The molecular formula is C19H21ClN4O2. The number of halogens is 1. The highest BCUT2D eigenvalue weighted by Crippen LogP contribution is 2.21. The number of aromatic amines is 1. The monoisotopic (exact) mass is 372 g/mol. The van der Waals surface area contributed by atoms with Gasteiger partial charge in [0.2, 0.25) is 0 Å². The van der Waals surface area contributed by atoms with Gasteiger partial charge in [-0.2, -0.15) is 5.10 Å². The molecule has 1 aromatic carbocycles. The maximum atomic E-state index is 13.0. The molecular weight excluding hydrogens is 352 g/mol. The second kappa shape index (κ2) is 7.85. The number of aromatic nitrogens is 3. The number of amides is 1. The molecule has 1 amide bonds. The molecule has 0 aliphatic heterocycles. The molecule has 0 unspecified atom stereocenters. The van der Waals surface area contributed by atoms with E-state index in [4.69, 9.17) is 11.6 Å². The molecule has 2 aromatic heterocycles. The van der Waals surface area contributed by atoms with Crippen molar-refractivity contribution in [2.45, 2.75) is 19.8 Å². The van der Waals surface area contributed by atoms with E-state index in [2.05, 4.69) is 15.2 Å². The third kappa shape index (κ3) is 3.86. The van der Waals surface area contributed by atoms with Crippen LogP contribution in [-0.2, 0) is 0 Å². The molecule has 3 rings (SSSR count). The first kappa shape index (κ1) is 18.4. The lowest BCUT2D eigenvalue weighted by Crippen LogP contribution is -2.36. The fraction of sp³-hybridized carbons (Fsp3) is 0.316. The Morgan fingerprint density at radius 3 is 2.77 bits per heavy atom. The molecule has 3 aromatic rings. The lowest BCUT2D eigenvalue weighted by Gasteiger charge is -2.25. The summed E-state index contributed by atoms with van der Waals surface area (Å²) in [5, 5.41) is 17.8. The number of H-pyrrole nitrogens is 1. The third-order valence-electron chi connectivity index (χ3n) is 4.44. The zero-order valence-electron chi connectivity index (χ0n) is 14.7. The van der Waals surface area contributed by atoms with Crippen LogP contribution in [0.15, 0.2) is 36.5 Å². The predicted octanol–water partition coefficient (Wildman–Crippen LogP) is 3.16. The van der Waals surface area contributed by atoms with Crippen molar-refractivity contribution < 1.29 is 9.90 Å². The minimum atomic E-state index is -0.158. The highest BCUT2D eigenvalue weighted by Gasteiger charge is 2.20. The fourth-order valence-corrected chi connectivity index (χ4v) is 3.07. The maximum Gasteiger partial charge on any atom is 0.255 e. The van der Waals surface area contributed by atoms with Crippen molar-refractivity contribution in [3.8, 4) is 0 Å². The van der Waals surface area contributed by atoms with Gasteiger partial charge in [0.25, 0.3) is 5.91 Å². The molecule has 0 aliphatic rings. The van der Waals surface area contributed by atoms with Gasteiger partial charge >= 0.3 is 0 Å². The minimum absolute atomic E-state index is 0.0977. The highest BCUT2D eigenvalue weighted by atomic mass is 35.5. The molecule has 2 heterocycles. The van der Waals surface area contributed by atoms with Crippen molar-refractivity contribution in [2.24, 2.45) is 0 Å². The van der Waals surface area contributed by atoms with Crippen molar-refractivity contribution in [1.29, 1.82) is 0 Å². The van der Waals surface area contributed by atoms with Crippen LogP contribution in [0.5, 0.6) is 0 Å². The van der Waals surface area contributed by atoms with Crippen LogP contribution in [0.3, 0.4) is 0 Å². The summed E-state index contributed by atoms with van der Waals surface area (Å²) in [4.78, 5) is 18.9. The highest BCUT2D eigenvalue weighted by molar-refractivity contribution is 6.30. The number of nitrogens with zero attached hydrogens (tertiary/aromatic N) is 3. The van der Waals surface area contributed by atoms with E-state index < -0.39 is 0 Å². The van der Waals surface area contributed by atoms with Crippen LogP contribution in [0.2, 0.25) is 5.02 Å². The van der Waals surface area contributed by atoms with Crippen LogP contribution >= 0.6 is 11.6 Å². The van der Waals surface area contributed by atoms with E-state index in [1.165, 1.54) is 6.20 Å². The molecule has 0 fully saturated rings. The second-order valence-corrected chi connectivity index (χ2v) is 6.81. The molecule has 136 valence electrons. The second-order valence-electron chi connectivity index (χ2n) is 6.37. The molecule has 2 N–H and O–H groups in total. The average Bonchev–Trinajstić information content (AvgIpc) is 3.01. The molecule has 0 aliphatic carbocycles. The van der Waals surface area contributed by atoms with Crippen molar-refractivity contribution in [3.63, 3.8) is 0 Å². The fourth-order valence-electron chi connectivity index (χ4n) is 2.94. The summed E-state index contributed by atoms with van der Waals surface area (Å²) >= 11 is 5.94. The number of rotatable bonds is 6. The van der Waals surface area contributed by atoms with Gasteiger partial charge in [-0.25, -0.2) is 4.98 Å². The van der Waals surface area contributed by atoms with Gasteiger partial charge in [-0.1, -0.05) is 30.7 Å². The number of fused-ring (bicyclic) bond motifs is 1. The number of benzene rings is 1. The molecule has 0 saturated heterocycles. The van der Waals surface area contributed by atoms with Gasteiger partial charge in [-0.15, -0.1) is 0 Å². The number of carbonyl (C=O) groups excluding carboxylic acids is 1. The molecule has 6 nitrogen and oxygen atoms in total. The number of pyridine rings is 1. The lowest BCUT2D eigenvalue weighted by molar-refractivity contribution is 0.0712. The topological polar surface area (TPSA) is 82.1 Å². The summed E-state index contributed by atoms with van der Waals surface area (Å²) in [6.07, 6.45) is 1.53. The quantitative estimate of drug-likeness (QED) is 0.696. The predicted molar refractivity (Wildman–Crippen MR) is 101 cm³/mol. The standard InChI is InChI=1S/C19H21ClN4O2/c1-12(14-3-5-16(20)6-4-14)11-24(7-8-25)19(26)15-9-17-13(2)22-23-18(17)21-10-15/h3-6,9-10,12,25H,7-8,11H2,1-2H3,(H,21,22,23)/t12-/m0/s1. The molecule has 0 spiro atoms. The Hall–Kier alpha value is -2.44. The van der Waals surface area contributed by atoms with Crippen LogP contribution in [0.4, 0.5) is 0 Å². The van der Waals surface area contributed by atoms with Gasteiger partial charge in [0.1, 0.15) is 0 Å². The van der Waals surface area contributed by atoms with Crippen LogP contribution in [0.25, 0.3) is 11.0 Å². The van der Waals surface area contributed by atoms with Crippen LogP contribution in [0.1, 0.15) is 34.5 Å². The van der Waals surface area contributed by atoms with Crippen molar-refractivity contribution in [3.05, 3.63) is 58.4 Å². The molecule has 0 radical (unpaired) electrons. The van der Waals surface area contributed by atoms with E-state index in [0.29, 0.717) is 22.8 Å². The smallest absolute Gasteiger partial charge is 0.255 e. The van der Waals surface area contributed by atoms with Crippen molar-refractivity contribution in [1.82, 2.24) is 20.1 Å². The molecule has 7 heteroatoms. The van der Waals surface area contributed by atoms with Gasteiger partial charge in [-0.3, -0.25) is 9.89 Å². The first-order valence-corrected chi connectivity index (χ1v) is 8.83. The third-order valence-corrected chi connectivity index (χ3v) is 4.69. The SMILES string of the molecule is Cc1[nH]nc2ncc(C(=O)N(CCO)C[C@H](C)c3ccc(Cl)cc3)cc12. The summed E-state index contributed by atoms with van der Waals surface area (Å²) in [7, 11) is 0. The summed E-state index contributed by atoms with van der Waals surface area (Å²) in [6.45, 7) is 4.59. The van der Waals surface area contributed by atoms with Crippen LogP contribution < -0.4 is 0 Å². The van der Waals surface area contributed by atoms with E-state index in [9.17, 15) is 9.90 Å². The maximum absolute atomic E-state index is 13.0. The Labute approximate surface area is 156 Å². The van der Waals surface area contributed by atoms with Crippen molar-refractivity contribution >= 4 is 28.5 Å². The number of carbonyl (C=O) groups is 1. The molecule has 0 saturated carbocycles. The number of nitrogens with one attached hydrogen (secondary N) is 1. The summed E-state index contributed by atoms with van der Waals surface area (Å²) in [5.41, 5.74) is 3.02. The van der Waals surface area contributed by atoms with E-state index in [-0.39, 0.29) is 25.0 Å². The van der Waals surface area contributed by atoms with Gasteiger partial charge in [0.05, 0.1) is 12.2 Å². The zero-order chi connectivity index (χ0) is 18.7. The van der Waals surface area contributed by atoms with Gasteiger partial charge < -0.3 is 10.0 Å². The first-order valence-electron chi connectivity index (χ1n) is 8.46. The normalized spacial score (nSPS) is 12.3. The first-order chi connectivity index (χ1) is 12.5. The Bertz CT molecular complexity index is 908. The largest absolute Gasteiger partial charge is 0.395 e. The van der Waals surface area contributed by atoms with E-state index in [0.717, 1.165) is 16.6 Å². The summed E-state index contributed by atoms with van der Waals surface area (Å²) in [6, 6.07) is 9.38. The number of aliphatic hydroxyl groups is 1. The number of aliphatic hydroxyl groups excluding tert-OH is 1. The number of hydrogen-bond donors (Lipinski definition) is 2. The lowest BCUT2D eigenvalue weighted by atomic mass is 10.0. The van der Waals surface area contributed by atoms with Crippen molar-refractivity contribution in [2.75, 3.05) is 19.7 Å². The van der Waals surface area contributed by atoms with Gasteiger partial charge in [0, 0.05) is 35.4 Å². The van der Waals surface area contributed by atoms with E-state index >= 15 is 0 Å². The summed E-state index contributed by atoms with van der Waals surface area (Å²) < 4.78 is 0.